The van der Waals surface area contributed by atoms with Crippen LogP contribution in [-0.2, 0) is 26.2 Å². The van der Waals surface area contributed by atoms with E-state index >= 15 is 0 Å². The molecule has 0 bridgehead atoms. The number of sulfonamides is 1. The number of nitrogens with zero attached hydrogens (tertiary/aromatic N) is 2. The van der Waals surface area contributed by atoms with Crippen LogP contribution in [0.1, 0.15) is 25.0 Å². The van der Waals surface area contributed by atoms with Crippen molar-refractivity contribution in [1.82, 2.24) is 10.2 Å². The summed E-state index contributed by atoms with van der Waals surface area (Å²) in [5, 5.41) is 3.65. The van der Waals surface area contributed by atoms with Gasteiger partial charge in [0.25, 0.3) is 10.0 Å². The van der Waals surface area contributed by atoms with Crippen molar-refractivity contribution in [3.05, 3.63) is 92.9 Å². The van der Waals surface area contributed by atoms with Crippen molar-refractivity contribution in [2.75, 3.05) is 17.4 Å². The number of likely N-dealkylation sites (N-methyl/N-ethyl adjacent to an activating group) is 1. The average molecular weight is 597 g/mol. The van der Waals surface area contributed by atoms with E-state index in [1.54, 1.807) is 50.2 Å². The Morgan fingerprint density at radius 1 is 0.895 bits per heavy atom. The van der Waals surface area contributed by atoms with Crippen LogP contribution in [0.25, 0.3) is 0 Å². The second-order valence-corrected chi connectivity index (χ2v) is 11.8. The molecule has 2 amide bonds. The molecule has 1 N–H and O–H groups in total. The lowest BCUT2D eigenvalue weighted by atomic mass is 10.1. The van der Waals surface area contributed by atoms with Gasteiger partial charge in [-0.3, -0.25) is 13.9 Å². The molecule has 7 nitrogen and oxygen atoms in total. The van der Waals surface area contributed by atoms with Crippen LogP contribution >= 0.6 is 34.8 Å². The van der Waals surface area contributed by atoms with E-state index < -0.39 is 28.5 Å². The second kappa shape index (κ2) is 12.8. The zero-order valence-corrected chi connectivity index (χ0v) is 24.2. The summed E-state index contributed by atoms with van der Waals surface area (Å²) in [6, 6.07) is 16.5. The molecule has 202 valence electrons. The van der Waals surface area contributed by atoms with Gasteiger partial charge in [0.2, 0.25) is 11.8 Å². The molecule has 0 unspecified atom stereocenters. The molecule has 11 heteroatoms. The fourth-order valence-electron chi connectivity index (χ4n) is 3.74. The third kappa shape index (κ3) is 7.41. The first-order valence-corrected chi connectivity index (χ1v) is 14.4. The van der Waals surface area contributed by atoms with Crippen molar-refractivity contribution >= 4 is 62.3 Å². The fourth-order valence-corrected chi connectivity index (χ4v) is 5.78. The van der Waals surface area contributed by atoms with Gasteiger partial charge in [-0.2, -0.15) is 0 Å². The van der Waals surface area contributed by atoms with Gasteiger partial charge in [-0.25, -0.2) is 8.42 Å². The molecule has 3 aromatic carbocycles. The van der Waals surface area contributed by atoms with E-state index in [9.17, 15) is 18.0 Å². The maximum atomic E-state index is 13.8. The summed E-state index contributed by atoms with van der Waals surface area (Å²) in [6.45, 7) is 5.04. The normalized spacial score (nSPS) is 12.1. The van der Waals surface area contributed by atoms with Crippen LogP contribution in [0.5, 0.6) is 0 Å². The highest BCUT2D eigenvalue weighted by Gasteiger charge is 2.32. The topological polar surface area (TPSA) is 86.8 Å². The number of aryl methyl sites for hydroxylation is 1. The van der Waals surface area contributed by atoms with E-state index in [1.807, 2.05) is 6.92 Å². The van der Waals surface area contributed by atoms with Crippen molar-refractivity contribution < 1.29 is 18.0 Å². The van der Waals surface area contributed by atoms with Crippen molar-refractivity contribution in [1.29, 1.82) is 0 Å². The van der Waals surface area contributed by atoms with Crippen LogP contribution in [-0.4, -0.2) is 44.3 Å². The van der Waals surface area contributed by atoms with Crippen LogP contribution in [0.15, 0.2) is 71.6 Å². The number of nitrogens with one attached hydrogen (secondary N) is 1. The molecule has 1 atom stereocenters. The van der Waals surface area contributed by atoms with Crippen molar-refractivity contribution in [2.24, 2.45) is 0 Å². The number of amides is 2. The summed E-state index contributed by atoms with van der Waals surface area (Å²) in [4.78, 5) is 27.9. The van der Waals surface area contributed by atoms with E-state index in [1.165, 1.54) is 35.2 Å². The molecule has 0 aliphatic heterocycles. The third-order valence-corrected chi connectivity index (χ3v) is 8.28. The highest BCUT2D eigenvalue weighted by atomic mass is 35.5. The van der Waals surface area contributed by atoms with Gasteiger partial charge in [0.1, 0.15) is 12.6 Å². The Hall–Kier alpha value is -2.78. The molecule has 0 aliphatic carbocycles. The molecule has 0 saturated carbocycles. The maximum Gasteiger partial charge on any atom is 0.264 e. The SMILES string of the molecule is CCNC(=O)[C@H](C)N(Cc1ccc(Cl)cc1)C(=O)CN(c1cc(Cl)cc(Cl)c1)S(=O)(=O)c1ccc(C)cc1. The molecule has 0 aliphatic rings. The predicted molar refractivity (Wildman–Crippen MR) is 152 cm³/mol. The van der Waals surface area contributed by atoms with E-state index in [-0.39, 0.29) is 33.1 Å². The van der Waals surface area contributed by atoms with E-state index in [2.05, 4.69) is 5.32 Å². The highest BCUT2D eigenvalue weighted by molar-refractivity contribution is 7.92. The van der Waals surface area contributed by atoms with E-state index in [0.717, 1.165) is 15.4 Å². The molecule has 0 heterocycles. The number of benzene rings is 3. The van der Waals surface area contributed by atoms with Gasteiger partial charge < -0.3 is 10.2 Å². The summed E-state index contributed by atoms with van der Waals surface area (Å²) >= 11 is 18.4. The number of halogens is 3. The summed E-state index contributed by atoms with van der Waals surface area (Å²) in [6.07, 6.45) is 0. The van der Waals surface area contributed by atoms with Gasteiger partial charge >= 0.3 is 0 Å². The summed E-state index contributed by atoms with van der Waals surface area (Å²) in [5.74, 6) is -0.959. The number of hydrogen-bond donors (Lipinski definition) is 1. The van der Waals surface area contributed by atoms with Gasteiger partial charge in [0.15, 0.2) is 0 Å². The monoisotopic (exact) mass is 595 g/mol. The minimum Gasteiger partial charge on any atom is -0.355 e. The van der Waals surface area contributed by atoms with Gasteiger partial charge in [-0.1, -0.05) is 64.6 Å². The maximum absolute atomic E-state index is 13.8. The summed E-state index contributed by atoms with van der Waals surface area (Å²) in [7, 11) is -4.22. The zero-order valence-electron chi connectivity index (χ0n) is 21.1. The zero-order chi connectivity index (χ0) is 28.0. The summed E-state index contributed by atoms with van der Waals surface area (Å²) in [5.41, 5.74) is 1.72. The standard InChI is InChI=1S/C27H28Cl3N3O4S/c1-4-31-27(35)19(3)32(16-20-7-9-21(28)10-8-20)26(34)17-33(24-14-22(29)13-23(30)15-24)38(36,37)25-11-5-18(2)6-12-25/h5-15,19H,4,16-17H2,1-3H3,(H,31,35)/t19-/m0/s1. The first-order valence-electron chi connectivity index (χ1n) is 11.8. The Balaban J connectivity index is 2.06. The number of carbonyl (C=O) groups is 2. The molecule has 0 spiro atoms. The Bertz CT molecular complexity index is 1380. The Labute approximate surface area is 238 Å². The molecule has 0 aromatic heterocycles. The van der Waals surface area contributed by atoms with Crippen LogP contribution in [0.2, 0.25) is 15.1 Å². The van der Waals surface area contributed by atoms with Crippen LogP contribution in [0.3, 0.4) is 0 Å². The molecule has 0 radical (unpaired) electrons. The first kappa shape index (κ1) is 29.8. The van der Waals surface area contributed by atoms with Gasteiger partial charge in [-0.05, 0) is 68.8 Å². The lowest BCUT2D eigenvalue weighted by Gasteiger charge is -2.32. The van der Waals surface area contributed by atoms with E-state index in [0.29, 0.717) is 11.6 Å². The predicted octanol–water partition coefficient (Wildman–Crippen LogP) is 5.70. The molecule has 3 rings (SSSR count). The number of hydrogen-bond acceptors (Lipinski definition) is 4. The van der Waals surface area contributed by atoms with Crippen LogP contribution in [0, 0.1) is 6.92 Å². The molecular weight excluding hydrogens is 569 g/mol. The Kier molecular flexibility index (Phi) is 10.1. The van der Waals surface area contributed by atoms with E-state index in [4.69, 9.17) is 34.8 Å². The minimum atomic E-state index is -4.22. The molecule has 3 aromatic rings. The van der Waals surface area contributed by atoms with Crippen molar-refractivity contribution in [2.45, 2.75) is 38.3 Å². The molecule has 0 fully saturated rings. The lowest BCUT2D eigenvalue weighted by Crippen LogP contribution is -2.51. The highest BCUT2D eigenvalue weighted by Crippen LogP contribution is 2.30. The number of rotatable bonds is 10. The molecular formula is C27H28Cl3N3O4S. The van der Waals surface area contributed by atoms with Gasteiger partial charge in [-0.15, -0.1) is 0 Å². The van der Waals surface area contributed by atoms with Crippen molar-refractivity contribution in [3.63, 3.8) is 0 Å². The second-order valence-electron chi connectivity index (χ2n) is 8.67. The fraction of sp³-hybridized carbons (Fsp3) is 0.259. The lowest BCUT2D eigenvalue weighted by molar-refractivity contribution is -0.139. The van der Waals surface area contributed by atoms with Crippen LogP contribution in [0.4, 0.5) is 5.69 Å². The van der Waals surface area contributed by atoms with Crippen LogP contribution < -0.4 is 9.62 Å². The molecule has 0 saturated heterocycles. The van der Waals surface area contributed by atoms with Crippen molar-refractivity contribution in [3.8, 4) is 0 Å². The third-order valence-electron chi connectivity index (χ3n) is 5.81. The molecule has 38 heavy (non-hydrogen) atoms. The van der Waals surface area contributed by atoms with Gasteiger partial charge in [0, 0.05) is 28.2 Å². The minimum absolute atomic E-state index is 0.00646. The Morgan fingerprint density at radius 2 is 1.47 bits per heavy atom. The van der Waals surface area contributed by atoms with Gasteiger partial charge in [0.05, 0.1) is 10.6 Å². The largest absolute Gasteiger partial charge is 0.355 e. The quantitative estimate of drug-likeness (QED) is 0.325. The number of carbonyl (C=O) groups excluding carboxylic acids is 2. The smallest absolute Gasteiger partial charge is 0.264 e. The summed E-state index contributed by atoms with van der Waals surface area (Å²) < 4.78 is 28.6. The average Bonchev–Trinajstić information content (AvgIpc) is 2.86. The number of anilines is 1. The first-order chi connectivity index (χ1) is 17.9. The Morgan fingerprint density at radius 3 is 2.03 bits per heavy atom.